The van der Waals surface area contributed by atoms with Crippen molar-refractivity contribution in [2.75, 3.05) is 33.2 Å². The number of aliphatic imine (C=N–C) groups is 1. The van der Waals surface area contributed by atoms with Crippen LogP contribution < -0.4 is 10.6 Å². The Kier molecular flexibility index (Phi) is 11.8. The van der Waals surface area contributed by atoms with Crippen LogP contribution in [0.25, 0.3) is 0 Å². The molecule has 4 nitrogen and oxygen atoms in total. The molecule has 0 amide bonds. The van der Waals surface area contributed by atoms with Crippen LogP contribution in [0.15, 0.2) is 4.99 Å². The Labute approximate surface area is 147 Å². The first-order chi connectivity index (χ1) is 9.69. The molecule has 0 aliphatic carbocycles. The van der Waals surface area contributed by atoms with Crippen LogP contribution in [0.4, 0.5) is 0 Å². The van der Waals surface area contributed by atoms with E-state index in [1.165, 1.54) is 38.8 Å². The number of hydrogen-bond acceptors (Lipinski definition) is 2. The molecular weight excluding hydrogens is 375 g/mol. The molecule has 1 heterocycles. The highest BCUT2D eigenvalue weighted by atomic mass is 127. The van der Waals surface area contributed by atoms with Crippen molar-refractivity contribution < 1.29 is 0 Å². The van der Waals surface area contributed by atoms with Crippen molar-refractivity contribution in [2.45, 2.75) is 45.6 Å². The molecule has 0 bridgehead atoms. The van der Waals surface area contributed by atoms with Crippen LogP contribution in [0, 0.1) is 18.3 Å². The Hall–Kier alpha value is -0.480. The Balaban J connectivity index is 0.00000400. The fourth-order valence-corrected chi connectivity index (χ4v) is 2.77. The van der Waals surface area contributed by atoms with E-state index in [0.717, 1.165) is 12.5 Å². The minimum Gasteiger partial charge on any atom is -0.355 e. The van der Waals surface area contributed by atoms with Crippen LogP contribution in [0.2, 0.25) is 0 Å². The van der Waals surface area contributed by atoms with Crippen molar-refractivity contribution >= 4 is 29.9 Å². The van der Waals surface area contributed by atoms with Crippen molar-refractivity contribution in [1.29, 1.82) is 0 Å². The molecule has 1 rings (SSSR count). The third kappa shape index (κ3) is 7.91. The van der Waals surface area contributed by atoms with Gasteiger partial charge in [0.1, 0.15) is 0 Å². The van der Waals surface area contributed by atoms with Crippen LogP contribution >= 0.6 is 24.0 Å². The molecule has 1 atom stereocenters. The molecule has 0 spiro atoms. The molecule has 1 fully saturated rings. The molecule has 1 saturated heterocycles. The van der Waals surface area contributed by atoms with Crippen LogP contribution in [0.1, 0.15) is 39.5 Å². The van der Waals surface area contributed by atoms with Gasteiger partial charge in [0, 0.05) is 19.6 Å². The van der Waals surface area contributed by atoms with Crippen LogP contribution in [0.5, 0.6) is 0 Å². The van der Waals surface area contributed by atoms with Crippen molar-refractivity contribution in [3.63, 3.8) is 0 Å². The van der Waals surface area contributed by atoms with Gasteiger partial charge in [0.2, 0.25) is 0 Å². The number of nitrogens with one attached hydrogen (secondary N) is 2. The maximum Gasteiger partial charge on any atom is 0.191 e. The smallest absolute Gasteiger partial charge is 0.191 e. The lowest BCUT2D eigenvalue weighted by Gasteiger charge is -2.34. The van der Waals surface area contributed by atoms with Crippen LogP contribution in [0.3, 0.4) is 0 Å². The molecule has 0 saturated carbocycles. The minimum atomic E-state index is 0. The topological polar surface area (TPSA) is 39.7 Å². The highest BCUT2D eigenvalue weighted by molar-refractivity contribution is 14.0. The van der Waals surface area contributed by atoms with Crippen molar-refractivity contribution in [3.8, 4) is 12.3 Å². The quantitative estimate of drug-likeness (QED) is 0.319. The first kappa shape index (κ1) is 20.5. The third-order valence-corrected chi connectivity index (χ3v) is 3.94. The second-order valence-electron chi connectivity index (χ2n) is 5.77. The molecule has 5 heteroatoms. The minimum absolute atomic E-state index is 0. The summed E-state index contributed by atoms with van der Waals surface area (Å²) in [4.78, 5) is 6.84. The normalized spacial score (nSPS) is 18.3. The van der Waals surface area contributed by atoms with Gasteiger partial charge in [-0.2, -0.15) is 0 Å². The number of halogens is 1. The predicted molar refractivity (Wildman–Crippen MR) is 102 cm³/mol. The Morgan fingerprint density at radius 1 is 1.19 bits per heavy atom. The Morgan fingerprint density at radius 3 is 2.29 bits per heavy atom. The summed E-state index contributed by atoms with van der Waals surface area (Å²) in [5.74, 6) is 4.00. The third-order valence-electron chi connectivity index (χ3n) is 3.94. The van der Waals surface area contributed by atoms with Gasteiger partial charge >= 0.3 is 0 Å². The van der Waals surface area contributed by atoms with Crippen molar-refractivity contribution in [3.05, 3.63) is 0 Å². The molecule has 2 N–H and O–H groups in total. The van der Waals surface area contributed by atoms with Gasteiger partial charge in [-0.1, -0.05) is 32.6 Å². The molecule has 0 aromatic rings. The molecular formula is C16H31IN4. The molecule has 1 aliphatic heterocycles. The molecule has 0 aromatic carbocycles. The fraction of sp³-hybridized carbons (Fsp3) is 0.812. The molecule has 122 valence electrons. The molecule has 1 aliphatic rings. The summed E-state index contributed by atoms with van der Waals surface area (Å²) in [7, 11) is 1.78. The van der Waals surface area contributed by atoms with Gasteiger partial charge in [0.15, 0.2) is 5.96 Å². The van der Waals surface area contributed by atoms with Crippen molar-refractivity contribution in [1.82, 2.24) is 15.5 Å². The zero-order chi connectivity index (χ0) is 14.8. The zero-order valence-electron chi connectivity index (χ0n) is 13.7. The number of likely N-dealkylation sites (tertiary alicyclic amines) is 1. The number of nitrogens with zero attached hydrogens (tertiary/aromatic N) is 2. The van der Waals surface area contributed by atoms with Gasteiger partial charge in [0.05, 0.1) is 6.54 Å². The van der Waals surface area contributed by atoms with Gasteiger partial charge in [-0.25, -0.2) is 0 Å². The number of hydrogen-bond donors (Lipinski definition) is 2. The summed E-state index contributed by atoms with van der Waals surface area (Å²) in [6.45, 7) is 8.48. The first-order valence-corrected chi connectivity index (χ1v) is 7.81. The fourth-order valence-electron chi connectivity index (χ4n) is 2.77. The SMILES string of the molecule is C#CCNC(=NC)NCC(C(C)C)N1CCCCCC1.I. The average Bonchev–Trinajstić information content (AvgIpc) is 2.71. The van der Waals surface area contributed by atoms with Gasteiger partial charge < -0.3 is 10.6 Å². The van der Waals surface area contributed by atoms with Crippen molar-refractivity contribution in [2.24, 2.45) is 10.9 Å². The number of rotatable bonds is 5. The van der Waals surface area contributed by atoms with E-state index in [1.807, 2.05) is 0 Å². The van der Waals surface area contributed by atoms with E-state index in [-0.39, 0.29) is 24.0 Å². The average molecular weight is 406 g/mol. The first-order valence-electron chi connectivity index (χ1n) is 7.81. The standard InChI is InChI=1S/C16H30N4.HI/c1-5-10-18-16(17-4)19-13-15(14(2)3)20-11-8-6-7-9-12-20;/h1,14-15H,6-13H2,2-4H3,(H2,17,18,19);1H. The second-order valence-corrected chi connectivity index (χ2v) is 5.77. The number of guanidine groups is 1. The summed E-state index contributed by atoms with van der Waals surface area (Å²) >= 11 is 0. The van der Waals surface area contributed by atoms with E-state index >= 15 is 0 Å². The second kappa shape index (κ2) is 12.1. The lowest BCUT2D eigenvalue weighted by molar-refractivity contribution is 0.161. The molecule has 0 aromatic heterocycles. The summed E-state index contributed by atoms with van der Waals surface area (Å²) in [6, 6.07) is 0.553. The molecule has 1 unspecified atom stereocenters. The van der Waals surface area contributed by atoms with Crippen LogP contribution in [-0.4, -0.2) is 50.1 Å². The van der Waals surface area contributed by atoms with E-state index in [2.05, 4.69) is 40.3 Å². The van der Waals surface area contributed by atoms with Gasteiger partial charge in [-0.3, -0.25) is 9.89 Å². The Morgan fingerprint density at radius 2 is 1.81 bits per heavy atom. The maximum atomic E-state index is 5.27. The monoisotopic (exact) mass is 406 g/mol. The van der Waals surface area contributed by atoms with Crippen LogP contribution in [-0.2, 0) is 0 Å². The van der Waals surface area contributed by atoms with E-state index < -0.39 is 0 Å². The van der Waals surface area contributed by atoms with Gasteiger partial charge in [-0.15, -0.1) is 30.4 Å². The number of terminal acetylenes is 1. The highest BCUT2D eigenvalue weighted by Crippen LogP contribution is 2.16. The summed E-state index contributed by atoms with van der Waals surface area (Å²) < 4.78 is 0. The highest BCUT2D eigenvalue weighted by Gasteiger charge is 2.22. The summed E-state index contributed by atoms with van der Waals surface area (Å²) in [6.07, 6.45) is 10.7. The van der Waals surface area contributed by atoms with E-state index in [0.29, 0.717) is 18.5 Å². The van der Waals surface area contributed by atoms with E-state index in [1.54, 1.807) is 7.05 Å². The zero-order valence-corrected chi connectivity index (χ0v) is 16.0. The van der Waals surface area contributed by atoms with E-state index in [4.69, 9.17) is 6.42 Å². The van der Waals surface area contributed by atoms with Gasteiger partial charge in [-0.05, 0) is 31.8 Å². The Bertz CT molecular complexity index is 328. The summed E-state index contributed by atoms with van der Waals surface area (Å²) in [5.41, 5.74) is 0. The molecule has 21 heavy (non-hydrogen) atoms. The molecule has 0 radical (unpaired) electrons. The lowest BCUT2D eigenvalue weighted by atomic mass is 10.0. The largest absolute Gasteiger partial charge is 0.355 e. The predicted octanol–water partition coefficient (Wildman–Crippen LogP) is 2.30. The maximum absolute atomic E-state index is 5.27. The van der Waals surface area contributed by atoms with E-state index in [9.17, 15) is 0 Å². The summed E-state index contributed by atoms with van der Waals surface area (Å²) in [5, 5.41) is 6.52. The lowest BCUT2D eigenvalue weighted by Crippen LogP contribution is -2.49. The van der Waals surface area contributed by atoms with Gasteiger partial charge in [0.25, 0.3) is 0 Å².